The van der Waals surface area contributed by atoms with Crippen LogP contribution in [-0.4, -0.2) is 48.0 Å². The number of aryl methyl sites for hydroxylation is 1. The molecule has 4 aromatic heterocycles. The lowest BCUT2D eigenvalue weighted by Gasteiger charge is -2.19. The average molecular weight is 463 g/mol. The van der Waals surface area contributed by atoms with Crippen LogP contribution in [0.5, 0.6) is 5.75 Å². The first kappa shape index (κ1) is 21.1. The molecule has 0 radical (unpaired) electrons. The van der Waals surface area contributed by atoms with Gasteiger partial charge in [-0.25, -0.2) is 9.67 Å². The smallest absolute Gasteiger partial charge is 0.238 e. The first-order valence-electron chi connectivity index (χ1n) is 10.3. The van der Waals surface area contributed by atoms with Gasteiger partial charge in [0.05, 0.1) is 35.7 Å². The third kappa shape index (κ3) is 3.84. The van der Waals surface area contributed by atoms with Crippen molar-refractivity contribution in [2.45, 2.75) is 37.1 Å². The molecule has 1 unspecified atom stereocenters. The SMILES string of the molecule is COc1c(C)cnc(Cn2nc3c4c(nc(N)nc42)SC(C(=O)Nc2ccncc2)C3)c1C. The largest absolute Gasteiger partial charge is 0.496 e. The number of nitrogens with one attached hydrogen (secondary N) is 1. The number of nitrogen functional groups attached to an aromatic ring is 1. The third-order valence-corrected chi connectivity index (χ3v) is 6.75. The number of amides is 1. The number of hydrogen-bond acceptors (Lipinski definition) is 9. The maximum absolute atomic E-state index is 12.9. The van der Waals surface area contributed by atoms with E-state index in [1.54, 1.807) is 42.5 Å². The molecule has 0 saturated carbocycles. The lowest BCUT2D eigenvalue weighted by atomic mass is 10.1. The first-order valence-corrected chi connectivity index (χ1v) is 11.2. The fourth-order valence-corrected chi connectivity index (χ4v) is 5.14. The molecular formula is C22H22N8O2S. The van der Waals surface area contributed by atoms with E-state index in [0.717, 1.165) is 33.7 Å². The van der Waals surface area contributed by atoms with E-state index in [2.05, 4.69) is 25.3 Å². The normalized spacial score (nSPS) is 14.9. The molecule has 1 aliphatic rings. The Balaban J connectivity index is 1.49. The predicted molar refractivity (Wildman–Crippen MR) is 125 cm³/mol. The highest BCUT2D eigenvalue weighted by Gasteiger charge is 2.32. The highest BCUT2D eigenvalue weighted by atomic mass is 32.2. The maximum Gasteiger partial charge on any atom is 0.238 e. The van der Waals surface area contributed by atoms with Crippen LogP contribution >= 0.6 is 11.8 Å². The summed E-state index contributed by atoms with van der Waals surface area (Å²) in [6, 6.07) is 3.50. The van der Waals surface area contributed by atoms with Gasteiger partial charge >= 0.3 is 0 Å². The van der Waals surface area contributed by atoms with Crippen LogP contribution in [0.15, 0.2) is 35.7 Å². The fraction of sp³-hybridized carbons (Fsp3) is 0.273. The predicted octanol–water partition coefficient (Wildman–Crippen LogP) is 2.53. The van der Waals surface area contributed by atoms with Crippen molar-refractivity contribution in [1.29, 1.82) is 0 Å². The molecule has 10 nitrogen and oxygen atoms in total. The van der Waals surface area contributed by atoms with Gasteiger partial charge < -0.3 is 15.8 Å². The Morgan fingerprint density at radius 1 is 1.30 bits per heavy atom. The number of carbonyl (C=O) groups excluding carboxylic acids is 1. The van der Waals surface area contributed by atoms with Gasteiger partial charge in [0.1, 0.15) is 10.8 Å². The number of anilines is 2. The molecule has 1 amide bonds. The van der Waals surface area contributed by atoms with Gasteiger partial charge in [0.2, 0.25) is 11.9 Å². The van der Waals surface area contributed by atoms with E-state index in [1.165, 1.54) is 11.8 Å². The molecule has 0 aromatic carbocycles. The quantitative estimate of drug-likeness (QED) is 0.429. The standard InChI is InChI=1S/C22H22N8O2S/c1-11-9-25-15(12(2)18(11)32-3)10-30-19-17-14(29-30)8-16(33-21(17)28-22(23)27-19)20(31)26-13-4-6-24-7-5-13/h4-7,9,16H,8,10H2,1-3H3,(H2,23,27,28)(H,24,26,31). The van der Waals surface area contributed by atoms with Crippen LogP contribution in [0.1, 0.15) is 22.5 Å². The average Bonchev–Trinajstić information content (AvgIpc) is 3.14. The van der Waals surface area contributed by atoms with Crippen LogP contribution in [0.2, 0.25) is 0 Å². The van der Waals surface area contributed by atoms with E-state index in [4.69, 9.17) is 15.6 Å². The highest BCUT2D eigenvalue weighted by Crippen LogP contribution is 2.39. The minimum Gasteiger partial charge on any atom is -0.496 e. The number of nitrogens with zero attached hydrogens (tertiary/aromatic N) is 6. The van der Waals surface area contributed by atoms with E-state index in [9.17, 15) is 4.79 Å². The summed E-state index contributed by atoms with van der Waals surface area (Å²) in [5.41, 5.74) is 10.8. The topological polar surface area (TPSA) is 134 Å². The Kier molecular flexibility index (Phi) is 5.33. The summed E-state index contributed by atoms with van der Waals surface area (Å²) in [5, 5.41) is 8.81. The second kappa shape index (κ2) is 8.32. The summed E-state index contributed by atoms with van der Waals surface area (Å²) in [6.45, 7) is 4.33. The van der Waals surface area contributed by atoms with Crippen LogP contribution in [-0.2, 0) is 17.8 Å². The molecule has 1 atom stereocenters. The van der Waals surface area contributed by atoms with Crippen molar-refractivity contribution in [2.75, 3.05) is 18.2 Å². The number of ether oxygens (including phenoxy) is 1. The minimum atomic E-state index is -0.397. The van der Waals surface area contributed by atoms with Gasteiger partial charge in [-0.3, -0.25) is 14.8 Å². The van der Waals surface area contributed by atoms with Gasteiger partial charge in [-0.05, 0) is 26.0 Å². The molecule has 33 heavy (non-hydrogen) atoms. The van der Waals surface area contributed by atoms with Crippen molar-refractivity contribution < 1.29 is 9.53 Å². The first-order chi connectivity index (χ1) is 15.9. The summed E-state index contributed by atoms with van der Waals surface area (Å²) in [5.74, 6) is 0.816. The number of nitrogens with two attached hydrogens (primary N) is 1. The van der Waals surface area contributed by atoms with Gasteiger partial charge in [-0.1, -0.05) is 11.8 Å². The van der Waals surface area contributed by atoms with E-state index in [1.807, 2.05) is 13.8 Å². The van der Waals surface area contributed by atoms with E-state index >= 15 is 0 Å². The van der Waals surface area contributed by atoms with Crippen LogP contribution in [0.25, 0.3) is 11.0 Å². The zero-order valence-electron chi connectivity index (χ0n) is 18.4. The van der Waals surface area contributed by atoms with Gasteiger partial charge in [0.15, 0.2) is 5.65 Å². The second-order valence-electron chi connectivity index (χ2n) is 7.77. The number of rotatable bonds is 5. The Morgan fingerprint density at radius 3 is 2.85 bits per heavy atom. The molecule has 0 saturated heterocycles. The highest BCUT2D eigenvalue weighted by molar-refractivity contribution is 8.00. The van der Waals surface area contributed by atoms with Crippen molar-refractivity contribution in [2.24, 2.45) is 0 Å². The summed E-state index contributed by atoms with van der Waals surface area (Å²) >= 11 is 1.37. The number of carbonyl (C=O) groups is 1. The summed E-state index contributed by atoms with van der Waals surface area (Å²) in [6.07, 6.45) is 5.51. The van der Waals surface area contributed by atoms with Crippen molar-refractivity contribution in [3.63, 3.8) is 0 Å². The van der Waals surface area contributed by atoms with E-state index in [0.29, 0.717) is 29.3 Å². The Bertz CT molecular complexity index is 1370. The molecule has 11 heteroatoms. The molecule has 168 valence electrons. The fourth-order valence-electron chi connectivity index (χ4n) is 3.99. The summed E-state index contributed by atoms with van der Waals surface area (Å²) in [7, 11) is 1.65. The van der Waals surface area contributed by atoms with Crippen molar-refractivity contribution >= 4 is 40.3 Å². The molecule has 0 fully saturated rings. The van der Waals surface area contributed by atoms with Crippen molar-refractivity contribution in [3.8, 4) is 5.75 Å². The Morgan fingerprint density at radius 2 is 2.09 bits per heavy atom. The van der Waals surface area contributed by atoms with E-state index < -0.39 is 5.25 Å². The Hall–Kier alpha value is -3.73. The van der Waals surface area contributed by atoms with E-state index in [-0.39, 0.29) is 11.9 Å². The molecule has 4 aromatic rings. The number of thioether (sulfide) groups is 1. The Labute approximate surface area is 194 Å². The number of pyridine rings is 2. The monoisotopic (exact) mass is 462 g/mol. The molecule has 5 heterocycles. The molecule has 0 bridgehead atoms. The molecule has 3 N–H and O–H groups in total. The summed E-state index contributed by atoms with van der Waals surface area (Å²) in [4.78, 5) is 30.4. The number of methoxy groups -OCH3 is 1. The van der Waals surface area contributed by atoms with Gasteiger partial charge in [-0.2, -0.15) is 10.1 Å². The zero-order chi connectivity index (χ0) is 23.1. The second-order valence-corrected chi connectivity index (χ2v) is 8.96. The van der Waals surface area contributed by atoms with Gasteiger partial charge in [0, 0.05) is 41.8 Å². The molecular weight excluding hydrogens is 440 g/mol. The molecule has 0 aliphatic carbocycles. The maximum atomic E-state index is 12.9. The van der Waals surface area contributed by atoms with Crippen molar-refractivity contribution in [1.82, 2.24) is 29.7 Å². The lowest BCUT2D eigenvalue weighted by molar-refractivity contribution is -0.115. The van der Waals surface area contributed by atoms with Crippen LogP contribution in [0.3, 0.4) is 0 Å². The minimum absolute atomic E-state index is 0.127. The third-order valence-electron chi connectivity index (χ3n) is 5.57. The van der Waals surface area contributed by atoms with Crippen molar-refractivity contribution in [3.05, 3.63) is 53.2 Å². The number of hydrogen-bond donors (Lipinski definition) is 2. The number of aromatic nitrogens is 6. The molecule has 0 spiro atoms. The van der Waals surface area contributed by atoms with Crippen LogP contribution < -0.4 is 15.8 Å². The van der Waals surface area contributed by atoms with Gasteiger partial charge in [-0.15, -0.1) is 0 Å². The lowest BCUT2D eigenvalue weighted by Crippen LogP contribution is -2.29. The zero-order valence-corrected chi connectivity index (χ0v) is 19.2. The molecule has 1 aliphatic heterocycles. The van der Waals surface area contributed by atoms with Gasteiger partial charge in [0.25, 0.3) is 0 Å². The molecule has 5 rings (SSSR count). The van der Waals surface area contributed by atoms with Crippen LogP contribution in [0, 0.1) is 13.8 Å². The van der Waals surface area contributed by atoms with Crippen LogP contribution in [0.4, 0.5) is 11.6 Å². The summed E-state index contributed by atoms with van der Waals surface area (Å²) < 4.78 is 7.32.